The summed E-state index contributed by atoms with van der Waals surface area (Å²) in [4.78, 5) is 0. The number of hydrogen-bond acceptors (Lipinski definition) is 0. The van der Waals surface area contributed by atoms with Crippen LogP contribution in [-0.2, 0) is 0 Å². The first-order valence-electron chi connectivity index (χ1n) is 5.45. The van der Waals surface area contributed by atoms with Gasteiger partial charge in [-0.1, -0.05) is 26.3 Å². The second-order valence-corrected chi connectivity index (χ2v) is 4.93. The van der Waals surface area contributed by atoms with Crippen LogP contribution in [0.2, 0.25) is 0 Å². The number of halogens is 1. The Morgan fingerprint density at radius 2 is 2.23 bits per heavy atom. The molecule has 0 aromatic carbocycles. The zero-order valence-electron chi connectivity index (χ0n) is 8.80. The van der Waals surface area contributed by atoms with E-state index >= 15 is 0 Å². The highest BCUT2D eigenvalue weighted by molar-refractivity contribution is 6.20. The average Bonchev–Trinajstić information content (AvgIpc) is 2.78. The zero-order chi connectivity index (χ0) is 9.84. The first kappa shape index (κ1) is 11.1. The Hall–Kier alpha value is 0.0300. The minimum atomic E-state index is 0.326. The Kier molecular flexibility index (Phi) is 4.31. The summed E-state index contributed by atoms with van der Waals surface area (Å²) in [6.45, 7) is 8.34. The van der Waals surface area contributed by atoms with E-state index in [0.717, 1.165) is 24.2 Å². The summed E-state index contributed by atoms with van der Waals surface area (Å²) in [6.07, 6.45) is 6.86. The van der Waals surface area contributed by atoms with E-state index in [1.54, 1.807) is 0 Å². The molecule has 0 heterocycles. The molecule has 0 amide bonds. The van der Waals surface area contributed by atoms with Gasteiger partial charge in [0.25, 0.3) is 0 Å². The molecule has 0 spiro atoms. The Balaban J connectivity index is 2.41. The molecule has 4 atom stereocenters. The quantitative estimate of drug-likeness (QED) is 0.445. The molecule has 0 radical (unpaired) electrons. The van der Waals surface area contributed by atoms with Gasteiger partial charge in [-0.05, 0) is 37.0 Å². The average molecular weight is 201 g/mol. The maximum atomic E-state index is 6.35. The van der Waals surface area contributed by atoms with Crippen LogP contribution < -0.4 is 0 Å². The lowest BCUT2D eigenvalue weighted by Gasteiger charge is -2.20. The first-order valence-corrected chi connectivity index (χ1v) is 5.89. The van der Waals surface area contributed by atoms with Gasteiger partial charge in [0.05, 0.1) is 0 Å². The van der Waals surface area contributed by atoms with Gasteiger partial charge in [-0.3, -0.25) is 0 Å². The molecule has 0 bridgehead atoms. The summed E-state index contributed by atoms with van der Waals surface area (Å²) in [6, 6.07) is 0. The van der Waals surface area contributed by atoms with Gasteiger partial charge in [0.1, 0.15) is 0 Å². The SMILES string of the molecule is C=CCC(Cl)C(CCC)[C@H]1CC1C. The number of allylic oxidation sites excluding steroid dienone is 1. The normalized spacial score (nSPS) is 31.0. The van der Waals surface area contributed by atoms with Gasteiger partial charge in [0.15, 0.2) is 0 Å². The molecule has 1 rings (SSSR count). The van der Waals surface area contributed by atoms with Gasteiger partial charge in [0, 0.05) is 5.38 Å². The Morgan fingerprint density at radius 1 is 1.62 bits per heavy atom. The van der Waals surface area contributed by atoms with E-state index in [1.807, 2.05) is 6.08 Å². The molecule has 1 aliphatic carbocycles. The highest BCUT2D eigenvalue weighted by Gasteiger charge is 2.41. The van der Waals surface area contributed by atoms with Crippen molar-refractivity contribution < 1.29 is 0 Å². The first-order chi connectivity index (χ1) is 6.20. The lowest BCUT2D eigenvalue weighted by molar-refractivity contribution is 0.388. The molecule has 0 aromatic rings. The molecule has 0 N–H and O–H groups in total. The van der Waals surface area contributed by atoms with Crippen LogP contribution in [0, 0.1) is 17.8 Å². The summed E-state index contributed by atoms with van der Waals surface area (Å²) in [5.41, 5.74) is 0. The van der Waals surface area contributed by atoms with Crippen molar-refractivity contribution in [2.75, 3.05) is 0 Å². The fraction of sp³-hybridized carbons (Fsp3) is 0.833. The van der Waals surface area contributed by atoms with Gasteiger partial charge in [-0.15, -0.1) is 18.2 Å². The van der Waals surface area contributed by atoms with Crippen molar-refractivity contribution in [3.8, 4) is 0 Å². The predicted molar refractivity (Wildman–Crippen MR) is 60.1 cm³/mol. The summed E-state index contributed by atoms with van der Waals surface area (Å²) >= 11 is 6.35. The molecule has 1 heteroatoms. The molecule has 76 valence electrons. The van der Waals surface area contributed by atoms with Crippen LogP contribution in [0.4, 0.5) is 0 Å². The number of hydrogen-bond donors (Lipinski definition) is 0. The van der Waals surface area contributed by atoms with E-state index in [2.05, 4.69) is 20.4 Å². The fourth-order valence-corrected chi connectivity index (χ4v) is 2.72. The van der Waals surface area contributed by atoms with Gasteiger partial charge >= 0.3 is 0 Å². The van der Waals surface area contributed by atoms with E-state index in [4.69, 9.17) is 11.6 Å². The zero-order valence-corrected chi connectivity index (χ0v) is 9.56. The molecular weight excluding hydrogens is 180 g/mol. The molecule has 3 unspecified atom stereocenters. The van der Waals surface area contributed by atoms with Gasteiger partial charge in [-0.2, -0.15) is 0 Å². The van der Waals surface area contributed by atoms with Crippen LogP contribution in [0.1, 0.15) is 39.5 Å². The molecule has 1 fully saturated rings. The van der Waals surface area contributed by atoms with Gasteiger partial charge < -0.3 is 0 Å². The number of rotatable bonds is 6. The minimum Gasteiger partial charge on any atom is -0.122 e. The molecule has 0 nitrogen and oxygen atoms in total. The monoisotopic (exact) mass is 200 g/mol. The van der Waals surface area contributed by atoms with Crippen molar-refractivity contribution in [1.29, 1.82) is 0 Å². The summed E-state index contributed by atoms with van der Waals surface area (Å²) in [5, 5.41) is 0.326. The van der Waals surface area contributed by atoms with Crippen LogP contribution in [-0.4, -0.2) is 5.38 Å². The number of alkyl halides is 1. The van der Waals surface area contributed by atoms with Crippen molar-refractivity contribution in [3.63, 3.8) is 0 Å². The topological polar surface area (TPSA) is 0 Å². The van der Waals surface area contributed by atoms with E-state index in [-0.39, 0.29) is 0 Å². The van der Waals surface area contributed by atoms with Crippen LogP contribution in [0.3, 0.4) is 0 Å². The van der Waals surface area contributed by atoms with E-state index in [0.29, 0.717) is 5.38 Å². The Bertz CT molecular complexity index is 165. The molecule has 13 heavy (non-hydrogen) atoms. The smallest absolute Gasteiger partial charge is 0.0401 e. The maximum absolute atomic E-state index is 6.35. The highest BCUT2D eigenvalue weighted by atomic mass is 35.5. The molecule has 0 saturated heterocycles. The third-order valence-corrected chi connectivity index (χ3v) is 3.70. The Labute approximate surface area is 87.4 Å². The molecule has 1 aliphatic rings. The fourth-order valence-electron chi connectivity index (χ4n) is 2.28. The lowest BCUT2D eigenvalue weighted by atomic mass is 9.91. The molecule has 1 saturated carbocycles. The largest absolute Gasteiger partial charge is 0.122 e. The minimum absolute atomic E-state index is 0.326. The van der Waals surface area contributed by atoms with Crippen molar-refractivity contribution >= 4 is 11.6 Å². The van der Waals surface area contributed by atoms with Crippen molar-refractivity contribution in [2.24, 2.45) is 17.8 Å². The third kappa shape index (κ3) is 3.02. The second-order valence-electron chi connectivity index (χ2n) is 4.37. The van der Waals surface area contributed by atoms with Crippen LogP contribution in [0.15, 0.2) is 12.7 Å². The van der Waals surface area contributed by atoms with E-state index < -0.39 is 0 Å². The van der Waals surface area contributed by atoms with Crippen molar-refractivity contribution in [3.05, 3.63) is 12.7 Å². The molecule has 0 aromatic heterocycles. The van der Waals surface area contributed by atoms with E-state index in [1.165, 1.54) is 19.3 Å². The summed E-state index contributed by atoms with van der Waals surface area (Å²) in [5.74, 6) is 2.56. The Morgan fingerprint density at radius 3 is 2.62 bits per heavy atom. The maximum Gasteiger partial charge on any atom is 0.0401 e. The predicted octanol–water partition coefficient (Wildman–Crippen LogP) is 4.24. The molecular formula is C12H21Cl. The summed E-state index contributed by atoms with van der Waals surface area (Å²) in [7, 11) is 0. The van der Waals surface area contributed by atoms with Gasteiger partial charge in [0.2, 0.25) is 0 Å². The standard InChI is InChI=1S/C12H21Cl/c1-4-6-10(11-8-9(11)3)12(13)7-5-2/h5,9-12H,2,4,6-8H2,1,3H3/t9?,10?,11-,12?/m0/s1. The van der Waals surface area contributed by atoms with Crippen molar-refractivity contribution in [1.82, 2.24) is 0 Å². The van der Waals surface area contributed by atoms with Crippen molar-refractivity contribution in [2.45, 2.75) is 44.9 Å². The second kappa shape index (κ2) is 5.05. The van der Waals surface area contributed by atoms with Crippen LogP contribution in [0.5, 0.6) is 0 Å². The molecule has 0 aliphatic heterocycles. The summed E-state index contributed by atoms with van der Waals surface area (Å²) < 4.78 is 0. The third-order valence-electron chi connectivity index (χ3n) is 3.20. The van der Waals surface area contributed by atoms with Crippen LogP contribution >= 0.6 is 11.6 Å². The highest BCUT2D eigenvalue weighted by Crippen LogP contribution is 2.48. The van der Waals surface area contributed by atoms with Crippen LogP contribution in [0.25, 0.3) is 0 Å². The van der Waals surface area contributed by atoms with E-state index in [9.17, 15) is 0 Å². The lowest BCUT2D eigenvalue weighted by Crippen LogP contribution is -2.17. The van der Waals surface area contributed by atoms with Gasteiger partial charge in [-0.25, -0.2) is 0 Å².